The standard InChI is InChI=1S/C12H12N4O3S/c1-2-8-10(20-16-15-8)11(17)14-6-7-3-4-9(12(18)19)13-5-7/h3-5H,2,6H2,1H3,(H,14,17)(H,18,19). The summed E-state index contributed by atoms with van der Waals surface area (Å²) in [4.78, 5) is 26.9. The summed E-state index contributed by atoms with van der Waals surface area (Å²) in [6.45, 7) is 2.18. The van der Waals surface area contributed by atoms with Gasteiger partial charge in [0.15, 0.2) is 0 Å². The minimum Gasteiger partial charge on any atom is -0.477 e. The highest BCUT2D eigenvalue weighted by Crippen LogP contribution is 2.11. The van der Waals surface area contributed by atoms with Crippen molar-refractivity contribution in [1.82, 2.24) is 19.9 Å². The first-order valence-electron chi connectivity index (χ1n) is 5.89. The van der Waals surface area contributed by atoms with Crippen LogP contribution in [-0.4, -0.2) is 31.6 Å². The summed E-state index contributed by atoms with van der Waals surface area (Å²) < 4.78 is 3.75. The Bertz CT molecular complexity index is 624. The number of hydrogen-bond acceptors (Lipinski definition) is 6. The highest BCUT2D eigenvalue weighted by Gasteiger charge is 2.14. The Kier molecular flexibility index (Phi) is 4.36. The van der Waals surface area contributed by atoms with Crippen LogP contribution >= 0.6 is 11.5 Å². The summed E-state index contributed by atoms with van der Waals surface area (Å²) >= 11 is 1.06. The predicted octanol–water partition coefficient (Wildman–Crippen LogP) is 1.12. The minimum absolute atomic E-state index is 0.0278. The molecule has 104 valence electrons. The largest absolute Gasteiger partial charge is 0.477 e. The number of carbonyl (C=O) groups excluding carboxylic acids is 1. The quantitative estimate of drug-likeness (QED) is 0.855. The smallest absolute Gasteiger partial charge is 0.354 e. The molecule has 2 rings (SSSR count). The summed E-state index contributed by atoms with van der Waals surface area (Å²) in [5.41, 5.74) is 1.37. The third-order valence-corrected chi connectivity index (χ3v) is 3.36. The van der Waals surface area contributed by atoms with E-state index in [1.807, 2.05) is 6.92 Å². The number of aromatic carboxylic acids is 1. The second-order valence-corrected chi connectivity index (χ2v) is 4.70. The van der Waals surface area contributed by atoms with E-state index >= 15 is 0 Å². The molecule has 0 saturated heterocycles. The van der Waals surface area contributed by atoms with Gasteiger partial charge in [-0.05, 0) is 29.6 Å². The van der Waals surface area contributed by atoms with E-state index in [0.29, 0.717) is 17.0 Å². The van der Waals surface area contributed by atoms with Crippen molar-refractivity contribution < 1.29 is 14.7 Å². The molecule has 0 spiro atoms. The molecule has 2 N–H and O–H groups in total. The second kappa shape index (κ2) is 6.20. The number of carbonyl (C=O) groups is 2. The van der Waals surface area contributed by atoms with Crippen molar-refractivity contribution in [2.75, 3.05) is 0 Å². The molecule has 0 aliphatic carbocycles. The monoisotopic (exact) mass is 292 g/mol. The molecule has 0 aliphatic heterocycles. The van der Waals surface area contributed by atoms with E-state index in [1.165, 1.54) is 12.3 Å². The molecule has 0 unspecified atom stereocenters. The Labute approximate surface area is 118 Å². The molecule has 2 aromatic rings. The van der Waals surface area contributed by atoms with Crippen LogP contribution in [0.2, 0.25) is 0 Å². The number of aryl methyl sites for hydroxylation is 1. The third-order valence-electron chi connectivity index (χ3n) is 2.59. The molecule has 20 heavy (non-hydrogen) atoms. The fraction of sp³-hybridized carbons (Fsp3) is 0.250. The zero-order chi connectivity index (χ0) is 14.5. The lowest BCUT2D eigenvalue weighted by Crippen LogP contribution is -2.23. The van der Waals surface area contributed by atoms with Gasteiger partial charge in [0.25, 0.3) is 5.91 Å². The Hall–Kier alpha value is -2.35. The predicted molar refractivity (Wildman–Crippen MR) is 71.7 cm³/mol. The molecule has 0 aliphatic rings. The van der Waals surface area contributed by atoms with E-state index in [1.54, 1.807) is 6.07 Å². The number of hydrogen-bond donors (Lipinski definition) is 2. The van der Waals surface area contributed by atoms with Gasteiger partial charge >= 0.3 is 5.97 Å². The zero-order valence-electron chi connectivity index (χ0n) is 10.7. The van der Waals surface area contributed by atoms with Gasteiger partial charge in [-0.15, -0.1) is 5.10 Å². The van der Waals surface area contributed by atoms with Crippen LogP contribution in [0.4, 0.5) is 0 Å². The molecular formula is C12H12N4O3S. The number of aromatic nitrogens is 3. The Balaban J connectivity index is 1.98. The van der Waals surface area contributed by atoms with Gasteiger partial charge in [-0.25, -0.2) is 9.78 Å². The topological polar surface area (TPSA) is 105 Å². The molecule has 0 atom stereocenters. The summed E-state index contributed by atoms with van der Waals surface area (Å²) in [6, 6.07) is 3.01. The van der Waals surface area contributed by atoms with E-state index in [-0.39, 0.29) is 18.1 Å². The lowest BCUT2D eigenvalue weighted by atomic mass is 10.2. The molecule has 8 heteroatoms. The van der Waals surface area contributed by atoms with E-state index in [9.17, 15) is 9.59 Å². The normalized spacial score (nSPS) is 10.2. The van der Waals surface area contributed by atoms with Crippen LogP contribution in [0.1, 0.15) is 38.3 Å². The van der Waals surface area contributed by atoms with Crippen molar-refractivity contribution >= 4 is 23.4 Å². The van der Waals surface area contributed by atoms with Crippen molar-refractivity contribution in [2.24, 2.45) is 0 Å². The first kappa shape index (κ1) is 14.1. The third kappa shape index (κ3) is 3.15. The molecular weight excluding hydrogens is 280 g/mol. The van der Waals surface area contributed by atoms with Gasteiger partial charge in [0.05, 0.1) is 5.69 Å². The van der Waals surface area contributed by atoms with E-state index in [2.05, 4.69) is 19.9 Å². The average molecular weight is 292 g/mol. The van der Waals surface area contributed by atoms with Gasteiger partial charge in [0, 0.05) is 12.7 Å². The highest BCUT2D eigenvalue weighted by molar-refractivity contribution is 7.08. The summed E-state index contributed by atoms with van der Waals surface area (Å²) in [5, 5.41) is 15.3. The number of carboxylic acids is 1. The maximum absolute atomic E-state index is 11.9. The van der Waals surface area contributed by atoms with E-state index in [4.69, 9.17) is 5.11 Å². The van der Waals surface area contributed by atoms with Crippen LogP contribution in [0.3, 0.4) is 0 Å². The van der Waals surface area contributed by atoms with Crippen molar-refractivity contribution in [2.45, 2.75) is 19.9 Å². The molecule has 0 bridgehead atoms. The van der Waals surface area contributed by atoms with Gasteiger partial charge in [0.1, 0.15) is 10.6 Å². The van der Waals surface area contributed by atoms with Crippen LogP contribution in [0, 0.1) is 0 Å². The van der Waals surface area contributed by atoms with E-state index < -0.39 is 5.97 Å². The molecule has 2 aromatic heterocycles. The first-order chi connectivity index (χ1) is 9.61. The molecule has 0 aromatic carbocycles. The lowest BCUT2D eigenvalue weighted by molar-refractivity contribution is 0.0690. The maximum Gasteiger partial charge on any atom is 0.354 e. The van der Waals surface area contributed by atoms with Crippen LogP contribution in [0.5, 0.6) is 0 Å². The molecule has 1 amide bonds. The second-order valence-electron chi connectivity index (χ2n) is 3.94. The van der Waals surface area contributed by atoms with Crippen molar-refractivity contribution in [1.29, 1.82) is 0 Å². The number of rotatable bonds is 5. The SMILES string of the molecule is CCc1nnsc1C(=O)NCc1ccc(C(=O)O)nc1. The molecule has 7 nitrogen and oxygen atoms in total. The van der Waals surface area contributed by atoms with Gasteiger partial charge < -0.3 is 10.4 Å². The summed E-state index contributed by atoms with van der Waals surface area (Å²) in [6.07, 6.45) is 2.07. The number of pyridine rings is 1. The first-order valence-corrected chi connectivity index (χ1v) is 6.66. The van der Waals surface area contributed by atoms with Gasteiger partial charge in [-0.3, -0.25) is 4.79 Å². The number of nitrogens with zero attached hydrogens (tertiary/aromatic N) is 3. The Morgan fingerprint density at radius 3 is 2.80 bits per heavy atom. The van der Waals surface area contributed by atoms with Crippen LogP contribution in [0.15, 0.2) is 18.3 Å². The summed E-state index contributed by atoms with van der Waals surface area (Å²) in [7, 11) is 0. The van der Waals surface area contributed by atoms with Crippen LogP contribution < -0.4 is 5.32 Å². The van der Waals surface area contributed by atoms with Crippen LogP contribution in [0.25, 0.3) is 0 Å². The number of carboxylic acid groups (broad SMARTS) is 1. The fourth-order valence-corrected chi connectivity index (χ4v) is 2.20. The van der Waals surface area contributed by atoms with E-state index in [0.717, 1.165) is 17.1 Å². The maximum atomic E-state index is 11.9. The lowest BCUT2D eigenvalue weighted by Gasteiger charge is -2.04. The Morgan fingerprint density at radius 2 is 2.20 bits per heavy atom. The zero-order valence-corrected chi connectivity index (χ0v) is 11.5. The molecule has 0 saturated carbocycles. The summed E-state index contributed by atoms with van der Waals surface area (Å²) in [5.74, 6) is -1.32. The van der Waals surface area contributed by atoms with Gasteiger partial charge in [-0.2, -0.15) is 0 Å². The van der Waals surface area contributed by atoms with Crippen LogP contribution in [-0.2, 0) is 13.0 Å². The fourth-order valence-electron chi connectivity index (χ4n) is 1.53. The number of amides is 1. The van der Waals surface area contributed by atoms with Gasteiger partial charge in [-0.1, -0.05) is 17.5 Å². The van der Waals surface area contributed by atoms with Crippen molar-refractivity contribution in [3.05, 3.63) is 40.2 Å². The van der Waals surface area contributed by atoms with Crippen molar-refractivity contribution in [3.8, 4) is 0 Å². The highest BCUT2D eigenvalue weighted by atomic mass is 32.1. The molecule has 2 heterocycles. The van der Waals surface area contributed by atoms with Gasteiger partial charge in [0.2, 0.25) is 0 Å². The minimum atomic E-state index is -1.08. The molecule has 0 radical (unpaired) electrons. The average Bonchev–Trinajstić information content (AvgIpc) is 2.93. The number of nitrogens with one attached hydrogen (secondary N) is 1. The molecule has 0 fully saturated rings. The van der Waals surface area contributed by atoms with Crippen molar-refractivity contribution in [3.63, 3.8) is 0 Å². The Morgan fingerprint density at radius 1 is 1.40 bits per heavy atom.